The molecule has 0 aliphatic heterocycles. The molecule has 14 nitrogen and oxygen atoms in total. The summed E-state index contributed by atoms with van der Waals surface area (Å²) < 4.78 is 0. The molecule has 0 rings (SSSR count). The maximum Gasteiger partial charge on any atom is 2.00 e. The molecule has 0 bridgehead atoms. The van der Waals surface area contributed by atoms with E-state index in [1.807, 2.05) is 0 Å². The number of hydrogen-bond donors (Lipinski definition) is 4. The third kappa shape index (κ3) is 56.6. The summed E-state index contributed by atoms with van der Waals surface area (Å²) in [4.78, 5) is 36.5. The third-order valence-electron chi connectivity index (χ3n) is 0.468. The molecule has 15 heteroatoms. The van der Waals surface area contributed by atoms with Gasteiger partial charge in [0.1, 0.15) is 0 Å². The normalized spacial score (nSPS) is 6.47. The summed E-state index contributed by atoms with van der Waals surface area (Å²) >= 11 is 0. The van der Waals surface area contributed by atoms with Crippen molar-refractivity contribution in [1.82, 2.24) is 10.9 Å². The van der Waals surface area contributed by atoms with Crippen molar-refractivity contribution in [3.8, 4) is 0 Å². The first-order valence-corrected chi connectivity index (χ1v) is 2.83. The van der Waals surface area contributed by atoms with Gasteiger partial charge in [0, 0.05) is 0 Å². The van der Waals surface area contributed by atoms with E-state index in [1.165, 1.54) is 0 Å². The molecule has 0 aromatic rings. The summed E-state index contributed by atoms with van der Waals surface area (Å²) in [5, 5.41) is 29.5. The number of hydrazine groups is 2. The van der Waals surface area contributed by atoms with E-state index in [-0.39, 0.29) is 19.5 Å². The van der Waals surface area contributed by atoms with Crippen LogP contribution in [0.25, 0.3) is 0 Å². The van der Waals surface area contributed by atoms with Crippen molar-refractivity contribution < 1.29 is 39.2 Å². The summed E-state index contributed by atoms with van der Waals surface area (Å²) in [6, 6.07) is 0. The van der Waals surface area contributed by atoms with E-state index in [2.05, 4.69) is 11.7 Å². The largest absolute Gasteiger partial charge is 2.00 e. The topological polar surface area (TPSA) is 243 Å². The van der Waals surface area contributed by atoms with Gasteiger partial charge in [0.25, 0.3) is 0 Å². The van der Waals surface area contributed by atoms with Crippen LogP contribution in [0.2, 0.25) is 0 Å². The van der Waals surface area contributed by atoms with Crippen molar-refractivity contribution in [2.45, 2.75) is 0 Å². The maximum atomic E-state index is 10.0. The molecule has 0 radical (unpaired) electrons. The Morgan fingerprint density at radius 3 is 1.00 bits per heavy atom. The Hall–Kier alpha value is -2.12. The molecule has 6 N–H and O–H groups in total. The minimum Gasteiger partial charge on any atom is -0.356 e. The van der Waals surface area contributed by atoms with Gasteiger partial charge >= 0.3 is 31.3 Å². The van der Waals surface area contributed by atoms with Crippen LogP contribution in [-0.2, 0) is 29.1 Å². The first-order chi connectivity index (χ1) is 7.18. The summed E-state index contributed by atoms with van der Waals surface area (Å²) in [6.07, 6.45) is 0. The molecular weight excluding hydrogens is 301 g/mol. The predicted octanol–water partition coefficient (Wildman–Crippen LogP) is -3.51. The van der Waals surface area contributed by atoms with Crippen molar-refractivity contribution in [3.63, 3.8) is 0 Å². The molecule has 0 aliphatic carbocycles. The van der Waals surface area contributed by atoms with Gasteiger partial charge in [-0.15, -0.1) is 0 Å². The first-order valence-electron chi connectivity index (χ1n) is 2.83. The second-order valence-electron chi connectivity index (χ2n) is 1.39. The first kappa shape index (κ1) is 24.2. The van der Waals surface area contributed by atoms with Crippen molar-refractivity contribution >= 4 is 11.8 Å². The number of nitrogens with two attached hydrogens (primary N) is 2. The fourth-order valence-electron chi connectivity index (χ4n) is 0.131. The fourth-order valence-corrected chi connectivity index (χ4v) is 0.131. The number of carbonyl (C=O) groups is 2. The van der Waals surface area contributed by atoms with Crippen LogP contribution in [0.15, 0.2) is 0 Å². The van der Waals surface area contributed by atoms with Gasteiger partial charge in [-0.3, -0.25) is 20.4 Å². The van der Waals surface area contributed by atoms with Crippen LogP contribution in [0.3, 0.4) is 0 Å². The van der Waals surface area contributed by atoms with E-state index in [0.717, 1.165) is 0 Å². The summed E-state index contributed by atoms with van der Waals surface area (Å²) in [7, 11) is 0. The number of nitrogens with zero attached hydrogens (tertiary/aromatic N) is 2. The molecule has 17 heavy (non-hydrogen) atoms. The van der Waals surface area contributed by atoms with Crippen molar-refractivity contribution in [2.75, 3.05) is 0 Å². The molecule has 0 fully saturated rings. The minimum absolute atomic E-state index is 0. The molecule has 0 atom stereocenters. The van der Waals surface area contributed by atoms with E-state index in [4.69, 9.17) is 30.6 Å². The molecular formula is C2H6N6O8Zn. The number of amides is 2. The summed E-state index contributed by atoms with van der Waals surface area (Å²) in [5.41, 5.74) is 3.17. The van der Waals surface area contributed by atoms with Gasteiger partial charge in [-0.2, -0.15) is 0 Å². The number of carbonyl (C=O) groups excluding carboxylic acids is 2. The van der Waals surface area contributed by atoms with Crippen molar-refractivity contribution in [1.29, 1.82) is 0 Å². The Kier molecular flexibility index (Phi) is 23.2. The Labute approximate surface area is 105 Å². The van der Waals surface area contributed by atoms with Crippen LogP contribution >= 0.6 is 0 Å². The molecule has 2 amide bonds. The van der Waals surface area contributed by atoms with Gasteiger partial charge in [0.05, 0.1) is 10.2 Å². The molecule has 0 unspecified atom stereocenters. The van der Waals surface area contributed by atoms with Gasteiger partial charge in [-0.1, -0.05) is 0 Å². The van der Waals surface area contributed by atoms with Gasteiger partial charge in [0.2, 0.25) is 0 Å². The van der Waals surface area contributed by atoms with Crippen LogP contribution in [0.5, 0.6) is 0 Å². The molecule has 0 saturated carbocycles. The molecule has 94 valence electrons. The Morgan fingerprint density at radius 1 is 0.824 bits per heavy atom. The zero-order chi connectivity index (χ0) is 13.7. The van der Waals surface area contributed by atoms with E-state index in [9.17, 15) is 9.59 Å². The van der Waals surface area contributed by atoms with E-state index in [0.29, 0.717) is 0 Å². The average molecular weight is 307 g/mol. The summed E-state index contributed by atoms with van der Waals surface area (Å²) in [5.74, 6) is 7.13. The number of rotatable bonds is 0. The van der Waals surface area contributed by atoms with Crippen LogP contribution in [0, 0.1) is 30.6 Å². The summed E-state index contributed by atoms with van der Waals surface area (Å²) in [6.45, 7) is 0. The van der Waals surface area contributed by atoms with Crippen molar-refractivity contribution in [3.05, 3.63) is 30.6 Å². The van der Waals surface area contributed by atoms with Crippen LogP contribution in [-0.4, -0.2) is 22.0 Å². The Bertz CT molecular complexity index is 222. The molecule has 0 aliphatic rings. The predicted molar refractivity (Wildman–Crippen MR) is 45.4 cm³/mol. The monoisotopic (exact) mass is 306 g/mol. The van der Waals surface area contributed by atoms with Gasteiger partial charge < -0.3 is 30.6 Å². The molecule has 0 saturated heterocycles. The SMILES string of the molecule is NNC(=O)C(=O)NN.O=[N+]([O-])[O-].O=[N+]([O-])[O-].[Zn+2]. The number of nitrogens with one attached hydrogen (secondary N) is 2. The molecule has 0 aromatic heterocycles. The van der Waals surface area contributed by atoms with Crippen LogP contribution in [0.1, 0.15) is 0 Å². The Morgan fingerprint density at radius 2 is 0.941 bits per heavy atom. The molecule has 0 spiro atoms. The van der Waals surface area contributed by atoms with Gasteiger partial charge in [-0.05, 0) is 0 Å². The van der Waals surface area contributed by atoms with Crippen LogP contribution < -0.4 is 22.5 Å². The standard InChI is InChI=1S/C2H6N4O2.2NO3.Zn/c3-5-1(7)2(8)6-4;2*2-1(3)4;/h3-4H2,(H,5,7)(H,6,8);;;/q;2*-1;+2. The third-order valence-corrected chi connectivity index (χ3v) is 0.468. The second kappa shape index (κ2) is 16.3. The van der Waals surface area contributed by atoms with E-state index < -0.39 is 22.0 Å². The van der Waals surface area contributed by atoms with Gasteiger partial charge in [-0.25, -0.2) is 11.7 Å². The second-order valence-corrected chi connectivity index (χ2v) is 1.39. The quantitative estimate of drug-likeness (QED) is 0.0857. The Balaban J connectivity index is -0.0000000806. The zero-order valence-corrected chi connectivity index (χ0v) is 11.0. The van der Waals surface area contributed by atoms with E-state index in [1.54, 1.807) is 10.9 Å². The molecule has 0 aromatic carbocycles. The average Bonchev–Trinajstić information content (AvgIpc) is 2.13. The zero-order valence-electron chi connectivity index (χ0n) is 8.02. The van der Waals surface area contributed by atoms with E-state index >= 15 is 0 Å². The maximum absolute atomic E-state index is 10.0. The van der Waals surface area contributed by atoms with Gasteiger partial charge in [0.15, 0.2) is 0 Å². The number of hydrogen-bond acceptors (Lipinski definition) is 10. The molecule has 0 heterocycles. The fraction of sp³-hybridized carbons (Fsp3) is 0. The van der Waals surface area contributed by atoms with Crippen LogP contribution in [0.4, 0.5) is 0 Å². The van der Waals surface area contributed by atoms with Crippen molar-refractivity contribution in [2.24, 2.45) is 11.7 Å². The minimum atomic E-state index is -1.75. The smallest absolute Gasteiger partial charge is 0.356 e.